The van der Waals surface area contributed by atoms with Gasteiger partial charge in [0.2, 0.25) is 11.8 Å². The molecule has 2 N–H and O–H groups in total. The van der Waals surface area contributed by atoms with E-state index in [4.69, 9.17) is 27.9 Å². The van der Waals surface area contributed by atoms with Gasteiger partial charge in [-0.15, -0.1) is 0 Å². The van der Waals surface area contributed by atoms with E-state index < -0.39 is 0 Å². The largest absolute Gasteiger partial charge is 0.381 e. The summed E-state index contributed by atoms with van der Waals surface area (Å²) in [6.45, 7) is 1.07. The van der Waals surface area contributed by atoms with Crippen LogP contribution in [-0.4, -0.2) is 31.6 Å². The van der Waals surface area contributed by atoms with Crippen molar-refractivity contribution in [3.63, 3.8) is 0 Å². The van der Waals surface area contributed by atoms with E-state index in [2.05, 4.69) is 10.6 Å². The van der Waals surface area contributed by atoms with Gasteiger partial charge >= 0.3 is 0 Å². The minimum Gasteiger partial charge on any atom is -0.381 e. The van der Waals surface area contributed by atoms with Gasteiger partial charge < -0.3 is 15.4 Å². The second kappa shape index (κ2) is 7.64. The zero-order valence-electron chi connectivity index (χ0n) is 11.3. The molecule has 1 heterocycles. The fraction of sp³-hybridized carbons (Fsp3) is 0.429. The molecule has 0 aliphatic carbocycles. The highest BCUT2D eigenvalue weighted by Gasteiger charge is 2.21. The molecule has 0 bridgehead atoms. The smallest absolute Gasteiger partial charge is 0.243 e. The Morgan fingerprint density at radius 1 is 1.24 bits per heavy atom. The Labute approximate surface area is 132 Å². The molecule has 1 aromatic rings. The molecule has 0 spiro atoms. The molecule has 1 aliphatic rings. The molecule has 0 unspecified atom stereocenters. The van der Waals surface area contributed by atoms with Crippen molar-refractivity contribution in [2.75, 3.05) is 25.1 Å². The molecular weight excluding hydrogens is 315 g/mol. The fourth-order valence-corrected chi connectivity index (χ4v) is 2.41. The minimum absolute atomic E-state index is 0.0821. The van der Waals surface area contributed by atoms with Gasteiger partial charge in [-0.2, -0.15) is 0 Å². The van der Waals surface area contributed by atoms with Gasteiger partial charge in [0.1, 0.15) is 0 Å². The topological polar surface area (TPSA) is 67.4 Å². The number of ether oxygens (including phenoxy) is 1. The molecule has 7 heteroatoms. The van der Waals surface area contributed by atoms with Crippen molar-refractivity contribution in [3.8, 4) is 0 Å². The summed E-state index contributed by atoms with van der Waals surface area (Å²) < 4.78 is 5.19. The van der Waals surface area contributed by atoms with Gasteiger partial charge in [-0.05, 0) is 25.0 Å². The lowest BCUT2D eigenvalue weighted by molar-refractivity contribution is -0.129. The Morgan fingerprint density at radius 3 is 2.67 bits per heavy atom. The summed E-state index contributed by atoms with van der Waals surface area (Å²) >= 11 is 11.8. The van der Waals surface area contributed by atoms with Crippen molar-refractivity contribution >= 4 is 40.7 Å². The van der Waals surface area contributed by atoms with Crippen LogP contribution in [0.15, 0.2) is 18.2 Å². The highest BCUT2D eigenvalue weighted by atomic mass is 35.5. The summed E-state index contributed by atoms with van der Waals surface area (Å²) in [5, 5.41) is 5.88. The van der Waals surface area contributed by atoms with Crippen LogP contribution in [0.5, 0.6) is 0 Å². The van der Waals surface area contributed by atoms with Crippen LogP contribution in [0, 0.1) is 5.92 Å². The van der Waals surface area contributed by atoms with E-state index in [0.29, 0.717) is 36.8 Å². The zero-order chi connectivity index (χ0) is 15.2. The Balaban J connectivity index is 1.81. The normalized spacial score (nSPS) is 15.5. The first kappa shape index (κ1) is 16.1. The molecule has 1 fully saturated rings. The SMILES string of the molecule is O=C(CNC(=O)C1CCOCC1)Nc1cccc(Cl)c1Cl. The van der Waals surface area contributed by atoms with Crippen molar-refractivity contribution in [2.24, 2.45) is 5.92 Å². The number of hydrogen-bond donors (Lipinski definition) is 2. The van der Waals surface area contributed by atoms with Crippen molar-refractivity contribution in [1.82, 2.24) is 5.32 Å². The third kappa shape index (κ3) is 4.59. The maximum atomic E-state index is 11.9. The molecule has 114 valence electrons. The Kier molecular flexibility index (Phi) is 5.85. The number of halogens is 2. The number of carbonyl (C=O) groups excluding carboxylic acids is 2. The van der Waals surface area contributed by atoms with Crippen molar-refractivity contribution in [1.29, 1.82) is 0 Å². The van der Waals surface area contributed by atoms with Crippen LogP contribution in [0.1, 0.15) is 12.8 Å². The monoisotopic (exact) mass is 330 g/mol. The highest BCUT2D eigenvalue weighted by molar-refractivity contribution is 6.44. The number of rotatable bonds is 4. The number of hydrogen-bond acceptors (Lipinski definition) is 3. The first-order valence-electron chi connectivity index (χ1n) is 6.67. The van der Waals surface area contributed by atoms with Crippen LogP contribution in [0.2, 0.25) is 10.0 Å². The number of anilines is 1. The van der Waals surface area contributed by atoms with Crippen molar-refractivity contribution in [2.45, 2.75) is 12.8 Å². The van der Waals surface area contributed by atoms with Crippen molar-refractivity contribution < 1.29 is 14.3 Å². The van der Waals surface area contributed by atoms with Gasteiger partial charge in [-0.1, -0.05) is 29.3 Å². The van der Waals surface area contributed by atoms with E-state index in [9.17, 15) is 9.59 Å². The van der Waals surface area contributed by atoms with Gasteiger partial charge in [0.15, 0.2) is 0 Å². The summed E-state index contributed by atoms with van der Waals surface area (Å²) in [6, 6.07) is 4.96. The molecule has 0 radical (unpaired) electrons. The Hall–Kier alpha value is -1.30. The third-order valence-electron chi connectivity index (χ3n) is 3.24. The number of carbonyl (C=O) groups is 2. The maximum Gasteiger partial charge on any atom is 0.243 e. The summed E-state index contributed by atoms with van der Waals surface area (Å²) in [5.41, 5.74) is 0.425. The maximum absolute atomic E-state index is 11.9. The van der Waals surface area contributed by atoms with Crippen LogP contribution >= 0.6 is 23.2 Å². The van der Waals surface area contributed by atoms with Gasteiger partial charge in [-0.25, -0.2) is 0 Å². The predicted octanol–water partition coefficient (Wildman–Crippen LogP) is 2.47. The number of benzene rings is 1. The molecule has 0 atom stereocenters. The van der Waals surface area contributed by atoms with E-state index in [1.165, 1.54) is 0 Å². The standard InChI is InChI=1S/C14H16Cl2N2O3/c15-10-2-1-3-11(13(10)16)18-12(19)8-17-14(20)9-4-6-21-7-5-9/h1-3,9H,4-8H2,(H,17,20)(H,18,19). The zero-order valence-corrected chi connectivity index (χ0v) is 12.8. The molecule has 0 saturated carbocycles. The van der Waals surface area contributed by atoms with Crippen LogP contribution in [0.25, 0.3) is 0 Å². The Bertz CT molecular complexity index is 531. The highest BCUT2D eigenvalue weighted by Crippen LogP contribution is 2.29. The predicted molar refractivity (Wildman–Crippen MR) is 81.6 cm³/mol. The minimum atomic E-state index is -0.348. The Morgan fingerprint density at radius 2 is 1.95 bits per heavy atom. The molecule has 21 heavy (non-hydrogen) atoms. The van der Waals surface area contributed by atoms with Gasteiger partial charge in [0, 0.05) is 19.1 Å². The molecule has 1 saturated heterocycles. The second-order valence-corrected chi connectivity index (χ2v) is 5.54. The first-order chi connectivity index (χ1) is 10.1. The number of amides is 2. The molecule has 2 rings (SSSR count). The van der Waals surface area contributed by atoms with Crippen molar-refractivity contribution in [3.05, 3.63) is 28.2 Å². The molecule has 0 aromatic heterocycles. The second-order valence-electron chi connectivity index (χ2n) is 4.75. The van der Waals surface area contributed by atoms with E-state index in [-0.39, 0.29) is 29.3 Å². The first-order valence-corrected chi connectivity index (χ1v) is 7.43. The quantitative estimate of drug-likeness (QED) is 0.891. The molecule has 2 amide bonds. The van der Waals surface area contributed by atoms with E-state index in [0.717, 1.165) is 0 Å². The summed E-state index contributed by atoms with van der Waals surface area (Å²) in [5.74, 6) is -0.550. The lowest BCUT2D eigenvalue weighted by Gasteiger charge is -2.21. The molecule has 1 aromatic carbocycles. The van der Waals surface area contributed by atoms with Crippen LogP contribution in [0.3, 0.4) is 0 Å². The average molecular weight is 331 g/mol. The summed E-state index contributed by atoms with van der Waals surface area (Å²) in [6.07, 6.45) is 1.38. The lowest BCUT2D eigenvalue weighted by atomic mass is 9.99. The van der Waals surface area contributed by atoms with Crippen LogP contribution in [-0.2, 0) is 14.3 Å². The third-order valence-corrected chi connectivity index (χ3v) is 4.06. The van der Waals surface area contributed by atoms with Crippen LogP contribution in [0.4, 0.5) is 5.69 Å². The summed E-state index contributed by atoms with van der Waals surface area (Å²) in [4.78, 5) is 23.7. The number of nitrogens with one attached hydrogen (secondary N) is 2. The van der Waals surface area contributed by atoms with E-state index in [1.807, 2.05) is 0 Å². The average Bonchev–Trinajstić information content (AvgIpc) is 2.50. The molecule has 5 nitrogen and oxygen atoms in total. The van der Waals surface area contributed by atoms with Crippen LogP contribution < -0.4 is 10.6 Å². The fourth-order valence-electron chi connectivity index (χ4n) is 2.07. The van der Waals surface area contributed by atoms with E-state index >= 15 is 0 Å². The summed E-state index contributed by atoms with van der Waals surface area (Å²) in [7, 11) is 0. The molecular formula is C14H16Cl2N2O3. The van der Waals surface area contributed by atoms with Gasteiger partial charge in [0.25, 0.3) is 0 Å². The lowest BCUT2D eigenvalue weighted by Crippen LogP contribution is -2.38. The molecule has 1 aliphatic heterocycles. The van der Waals surface area contributed by atoms with Gasteiger partial charge in [0.05, 0.1) is 22.3 Å². The van der Waals surface area contributed by atoms with E-state index in [1.54, 1.807) is 18.2 Å². The van der Waals surface area contributed by atoms with Gasteiger partial charge in [-0.3, -0.25) is 9.59 Å².